The lowest BCUT2D eigenvalue weighted by atomic mass is 10.3. The van der Waals surface area contributed by atoms with Gasteiger partial charge in [0, 0.05) is 6.54 Å². The molecule has 0 saturated carbocycles. The van der Waals surface area contributed by atoms with E-state index in [0.717, 1.165) is 11.0 Å². The largest absolute Gasteiger partial charge is 0.300 e. The standard InChI is InChI=1S/C9H9FN2/c1-2-12-8-6-4-3-5-7(8)11-9(12)10/h3-6H,2H2,1H3. The van der Waals surface area contributed by atoms with Crippen LogP contribution in [0.15, 0.2) is 24.3 Å². The molecule has 2 aromatic rings. The van der Waals surface area contributed by atoms with Crippen molar-refractivity contribution in [3.8, 4) is 0 Å². The number of halogens is 1. The van der Waals surface area contributed by atoms with E-state index in [1.54, 1.807) is 4.57 Å². The fourth-order valence-electron chi connectivity index (χ4n) is 1.35. The third-order valence-corrected chi connectivity index (χ3v) is 1.92. The number of rotatable bonds is 1. The molecule has 0 amide bonds. The van der Waals surface area contributed by atoms with E-state index in [0.29, 0.717) is 6.54 Å². The summed E-state index contributed by atoms with van der Waals surface area (Å²) >= 11 is 0. The molecule has 3 heteroatoms. The van der Waals surface area contributed by atoms with E-state index in [2.05, 4.69) is 4.98 Å². The molecule has 1 aromatic carbocycles. The zero-order chi connectivity index (χ0) is 8.55. The van der Waals surface area contributed by atoms with Crippen molar-refractivity contribution in [2.45, 2.75) is 13.5 Å². The predicted molar refractivity (Wildman–Crippen MR) is 45.4 cm³/mol. The number of para-hydroxylation sites is 2. The SMILES string of the molecule is CCn1c(F)nc2ccccc21. The Kier molecular flexibility index (Phi) is 1.57. The van der Waals surface area contributed by atoms with E-state index in [-0.39, 0.29) is 0 Å². The third kappa shape index (κ3) is 0.897. The van der Waals surface area contributed by atoms with E-state index in [1.807, 2.05) is 31.2 Å². The van der Waals surface area contributed by atoms with Gasteiger partial charge >= 0.3 is 0 Å². The number of benzene rings is 1. The molecule has 0 unspecified atom stereocenters. The molecule has 12 heavy (non-hydrogen) atoms. The molecule has 0 saturated heterocycles. The van der Waals surface area contributed by atoms with Crippen LogP contribution in [-0.4, -0.2) is 9.55 Å². The van der Waals surface area contributed by atoms with Crippen LogP contribution in [0.4, 0.5) is 4.39 Å². The Morgan fingerprint density at radius 2 is 2.17 bits per heavy atom. The van der Waals surface area contributed by atoms with E-state index in [9.17, 15) is 4.39 Å². The lowest BCUT2D eigenvalue weighted by molar-refractivity contribution is 0.485. The first-order chi connectivity index (χ1) is 5.83. The molecule has 0 aliphatic rings. The van der Waals surface area contributed by atoms with Crippen LogP contribution in [0.1, 0.15) is 6.92 Å². The fourth-order valence-corrected chi connectivity index (χ4v) is 1.35. The predicted octanol–water partition coefficient (Wildman–Crippen LogP) is 2.20. The first-order valence-electron chi connectivity index (χ1n) is 3.93. The second-order valence-electron chi connectivity index (χ2n) is 2.61. The van der Waals surface area contributed by atoms with Gasteiger partial charge in [0.2, 0.25) is 0 Å². The van der Waals surface area contributed by atoms with E-state index in [1.165, 1.54) is 0 Å². The summed E-state index contributed by atoms with van der Waals surface area (Å²) in [6.45, 7) is 2.52. The van der Waals surface area contributed by atoms with Crippen LogP contribution < -0.4 is 0 Å². The molecular formula is C9H9FN2. The average Bonchev–Trinajstić information content (AvgIpc) is 2.40. The van der Waals surface area contributed by atoms with Crippen LogP contribution >= 0.6 is 0 Å². The number of imidazole rings is 1. The van der Waals surface area contributed by atoms with E-state index >= 15 is 0 Å². The Morgan fingerprint density at radius 1 is 1.42 bits per heavy atom. The smallest absolute Gasteiger partial charge is 0.290 e. The maximum atomic E-state index is 13.1. The molecule has 2 nitrogen and oxygen atoms in total. The van der Waals surface area contributed by atoms with Gasteiger partial charge in [-0.15, -0.1) is 0 Å². The van der Waals surface area contributed by atoms with Crippen LogP contribution in [0.5, 0.6) is 0 Å². The molecule has 62 valence electrons. The number of aromatic nitrogens is 2. The molecule has 1 heterocycles. The van der Waals surface area contributed by atoms with Crippen LogP contribution in [0.3, 0.4) is 0 Å². The number of fused-ring (bicyclic) bond motifs is 1. The maximum Gasteiger partial charge on any atom is 0.290 e. The first kappa shape index (κ1) is 7.28. The molecule has 0 atom stereocenters. The van der Waals surface area contributed by atoms with Crippen molar-refractivity contribution < 1.29 is 4.39 Å². The average molecular weight is 164 g/mol. The Hall–Kier alpha value is -1.38. The molecule has 0 aliphatic carbocycles. The van der Waals surface area contributed by atoms with Gasteiger partial charge in [-0.1, -0.05) is 12.1 Å². The van der Waals surface area contributed by atoms with Crippen molar-refractivity contribution >= 4 is 11.0 Å². The Bertz CT molecular complexity index is 406. The van der Waals surface area contributed by atoms with E-state index in [4.69, 9.17) is 0 Å². The number of hydrogen-bond donors (Lipinski definition) is 0. The Labute approximate surface area is 69.6 Å². The minimum Gasteiger partial charge on any atom is -0.300 e. The minimum atomic E-state index is -0.404. The number of aryl methyl sites for hydroxylation is 1. The molecule has 0 N–H and O–H groups in total. The van der Waals surface area contributed by atoms with Crippen LogP contribution in [0.2, 0.25) is 0 Å². The topological polar surface area (TPSA) is 17.8 Å². The lowest BCUT2D eigenvalue weighted by Gasteiger charge is -1.97. The van der Waals surface area contributed by atoms with Crippen LogP contribution in [0.25, 0.3) is 11.0 Å². The van der Waals surface area contributed by atoms with Gasteiger partial charge in [-0.05, 0) is 19.1 Å². The molecule has 0 radical (unpaired) electrons. The van der Waals surface area contributed by atoms with Gasteiger partial charge in [-0.2, -0.15) is 4.39 Å². The summed E-state index contributed by atoms with van der Waals surface area (Å²) in [4.78, 5) is 3.78. The summed E-state index contributed by atoms with van der Waals surface area (Å²) in [5.74, 6) is 0. The van der Waals surface area contributed by atoms with Gasteiger partial charge in [0.25, 0.3) is 6.08 Å². The number of nitrogens with zero attached hydrogens (tertiary/aromatic N) is 2. The fraction of sp³-hybridized carbons (Fsp3) is 0.222. The van der Waals surface area contributed by atoms with Crippen molar-refractivity contribution in [1.29, 1.82) is 0 Å². The molecule has 2 rings (SSSR count). The highest BCUT2D eigenvalue weighted by atomic mass is 19.1. The van der Waals surface area contributed by atoms with Crippen molar-refractivity contribution in [1.82, 2.24) is 9.55 Å². The lowest BCUT2D eigenvalue weighted by Crippen LogP contribution is -1.96. The summed E-state index contributed by atoms with van der Waals surface area (Å²) in [5, 5.41) is 0. The van der Waals surface area contributed by atoms with Gasteiger partial charge < -0.3 is 4.57 Å². The molecule has 0 bridgehead atoms. The summed E-state index contributed by atoms with van der Waals surface area (Å²) < 4.78 is 14.6. The van der Waals surface area contributed by atoms with Gasteiger partial charge in [0.15, 0.2) is 0 Å². The first-order valence-corrected chi connectivity index (χ1v) is 3.93. The van der Waals surface area contributed by atoms with Crippen molar-refractivity contribution in [3.05, 3.63) is 30.3 Å². The summed E-state index contributed by atoms with van der Waals surface area (Å²) in [6, 6.07) is 7.42. The molecule has 0 fully saturated rings. The molecule has 1 aromatic heterocycles. The summed E-state index contributed by atoms with van der Waals surface area (Å²) in [6.07, 6.45) is -0.404. The van der Waals surface area contributed by atoms with Crippen LogP contribution in [0, 0.1) is 6.08 Å². The highest BCUT2D eigenvalue weighted by molar-refractivity contribution is 5.75. The second kappa shape index (κ2) is 2.59. The van der Waals surface area contributed by atoms with Crippen LogP contribution in [-0.2, 0) is 6.54 Å². The van der Waals surface area contributed by atoms with Crippen molar-refractivity contribution in [3.63, 3.8) is 0 Å². The quantitative estimate of drug-likeness (QED) is 0.631. The number of hydrogen-bond acceptors (Lipinski definition) is 1. The summed E-state index contributed by atoms with van der Waals surface area (Å²) in [7, 11) is 0. The van der Waals surface area contributed by atoms with Gasteiger partial charge in [-0.25, -0.2) is 4.98 Å². The molecule has 0 aliphatic heterocycles. The highest BCUT2D eigenvalue weighted by Crippen LogP contribution is 2.14. The van der Waals surface area contributed by atoms with Gasteiger partial charge in [0.05, 0.1) is 11.0 Å². The van der Waals surface area contributed by atoms with Gasteiger partial charge in [-0.3, -0.25) is 0 Å². The zero-order valence-electron chi connectivity index (χ0n) is 6.79. The summed E-state index contributed by atoms with van der Waals surface area (Å²) in [5.41, 5.74) is 1.58. The second-order valence-corrected chi connectivity index (χ2v) is 2.61. The van der Waals surface area contributed by atoms with Crippen molar-refractivity contribution in [2.24, 2.45) is 0 Å². The monoisotopic (exact) mass is 164 g/mol. The third-order valence-electron chi connectivity index (χ3n) is 1.92. The minimum absolute atomic E-state index is 0.404. The molecule has 0 spiro atoms. The van der Waals surface area contributed by atoms with Crippen molar-refractivity contribution in [2.75, 3.05) is 0 Å². The highest BCUT2D eigenvalue weighted by Gasteiger charge is 2.06. The Morgan fingerprint density at radius 3 is 2.92 bits per heavy atom. The maximum absolute atomic E-state index is 13.1. The van der Waals surface area contributed by atoms with E-state index < -0.39 is 6.08 Å². The van der Waals surface area contributed by atoms with Gasteiger partial charge in [0.1, 0.15) is 0 Å². The zero-order valence-corrected chi connectivity index (χ0v) is 6.79. The normalized spacial score (nSPS) is 10.8. The Balaban J connectivity index is 2.81. The molecular weight excluding hydrogens is 155 g/mol.